The van der Waals surface area contributed by atoms with Crippen LogP contribution in [0.4, 0.5) is 0 Å². The lowest BCUT2D eigenvalue weighted by Gasteiger charge is -2.32. The predicted molar refractivity (Wildman–Crippen MR) is 283 cm³/mol. The standard InChI is InChI=1S/C62H80P/c1-3-5-7-9-11-13-15-16-18-20-22-39-51-63(57-47-35-26-36-48-57,58-49-37-27-38-50-58)59-52-56(46-28-21-19-17-14-12-10-8-6-4-2)60(53-40-29-23-30-41-53)62(55-44-33-25-34-45-55)61(59)54-42-31-24-32-43-54/h23-27,29-38,40-45,47-50,52H,3-22,28,39,46,51H2,1-2H3/q+1. The van der Waals surface area contributed by atoms with E-state index in [1.807, 2.05) is 0 Å². The molecule has 6 aromatic rings. The molecule has 0 aliphatic heterocycles. The van der Waals surface area contributed by atoms with Gasteiger partial charge in [-0.2, -0.15) is 0 Å². The second-order valence-corrected chi connectivity index (χ2v) is 21.9. The van der Waals surface area contributed by atoms with Gasteiger partial charge in [0.05, 0.1) is 6.16 Å². The van der Waals surface area contributed by atoms with Crippen LogP contribution in [0.5, 0.6) is 0 Å². The maximum Gasteiger partial charge on any atom is 0.113 e. The molecule has 0 spiro atoms. The van der Waals surface area contributed by atoms with E-state index >= 15 is 0 Å². The van der Waals surface area contributed by atoms with Gasteiger partial charge in [0, 0.05) is 11.1 Å². The monoisotopic (exact) mass is 856 g/mol. The van der Waals surface area contributed by atoms with Crippen LogP contribution >= 0.6 is 7.26 Å². The van der Waals surface area contributed by atoms with E-state index in [0.29, 0.717) is 0 Å². The number of aryl methyl sites for hydroxylation is 1. The molecule has 0 atom stereocenters. The van der Waals surface area contributed by atoms with E-state index in [0.717, 1.165) is 6.42 Å². The molecule has 0 aliphatic rings. The third-order valence-corrected chi connectivity index (χ3v) is 18.0. The van der Waals surface area contributed by atoms with Gasteiger partial charge >= 0.3 is 0 Å². The van der Waals surface area contributed by atoms with Crippen molar-refractivity contribution in [1.29, 1.82) is 0 Å². The van der Waals surface area contributed by atoms with Crippen LogP contribution in [0.25, 0.3) is 33.4 Å². The molecule has 0 radical (unpaired) electrons. The summed E-state index contributed by atoms with van der Waals surface area (Å²) in [5.74, 6) is 0. The average Bonchev–Trinajstić information content (AvgIpc) is 3.34. The van der Waals surface area contributed by atoms with Gasteiger partial charge in [0.2, 0.25) is 0 Å². The van der Waals surface area contributed by atoms with Crippen LogP contribution in [-0.4, -0.2) is 6.16 Å². The summed E-state index contributed by atoms with van der Waals surface area (Å²) >= 11 is 0. The maximum atomic E-state index is 2.76. The Morgan fingerprint density at radius 3 is 1.02 bits per heavy atom. The highest BCUT2D eigenvalue weighted by Crippen LogP contribution is 2.60. The van der Waals surface area contributed by atoms with Gasteiger partial charge in [0.1, 0.15) is 23.2 Å². The first kappa shape index (κ1) is 48.2. The first-order valence-electron chi connectivity index (χ1n) is 25.6. The quantitative estimate of drug-likeness (QED) is 0.0313. The van der Waals surface area contributed by atoms with Crippen LogP contribution in [0, 0.1) is 0 Å². The highest BCUT2D eigenvalue weighted by Gasteiger charge is 2.48. The van der Waals surface area contributed by atoms with Gasteiger partial charge in [0.25, 0.3) is 0 Å². The zero-order chi connectivity index (χ0) is 43.6. The first-order chi connectivity index (χ1) is 31.3. The molecule has 0 heterocycles. The Morgan fingerprint density at radius 2 is 0.619 bits per heavy atom. The normalized spacial score (nSPS) is 11.6. The van der Waals surface area contributed by atoms with Crippen LogP contribution in [-0.2, 0) is 6.42 Å². The number of hydrogen-bond donors (Lipinski definition) is 0. The molecule has 332 valence electrons. The second kappa shape index (κ2) is 27.8. The highest BCUT2D eigenvalue weighted by molar-refractivity contribution is 7.96. The first-order valence-corrected chi connectivity index (χ1v) is 27.6. The minimum Gasteiger partial charge on any atom is -0.0654 e. The summed E-state index contributed by atoms with van der Waals surface area (Å²) in [5, 5.41) is 4.58. The molecule has 0 nitrogen and oxygen atoms in total. The van der Waals surface area contributed by atoms with E-state index in [4.69, 9.17) is 0 Å². The van der Waals surface area contributed by atoms with E-state index in [2.05, 4.69) is 172 Å². The molecule has 0 N–H and O–H groups in total. The van der Waals surface area contributed by atoms with E-state index in [-0.39, 0.29) is 0 Å². The Morgan fingerprint density at radius 1 is 0.302 bits per heavy atom. The highest BCUT2D eigenvalue weighted by atomic mass is 31.2. The third-order valence-electron chi connectivity index (χ3n) is 13.5. The van der Waals surface area contributed by atoms with Crippen molar-refractivity contribution in [2.45, 2.75) is 162 Å². The predicted octanol–water partition coefficient (Wildman–Crippen LogP) is 18.1. The van der Waals surface area contributed by atoms with Crippen molar-refractivity contribution in [3.05, 3.63) is 163 Å². The van der Waals surface area contributed by atoms with E-state index in [1.165, 1.54) is 197 Å². The largest absolute Gasteiger partial charge is 0.113 e. The van der Waals surface area contributed by atoms with Gasteiger partial charge in [0.15, 0.2) is 0 Å². The van der Waals surface area contributed by atoms with Crippen molar-refractivity contribution in [3.63, 3.8) is 0 Å². The Kier molecular flexibility index (Phi) is 21.3. The lowest BCUT2D eigenvalue weighted by molar-refractivity contribution is 0.548. The molecule has 0 fully saturated rings. The molecule has 1 heteroatoms. The molecule has 0 aromatic heterocycles. The lowest BCUT2D eigenvalue weighted by atomic mass is 9.83. The minimum atomic E-state index is -2.19. The molecular weight excluding hydrogens is 776 g/mol. The summed E-state index contributed by atoms with van der Waals surface area (Å²) in [7, 11) is -2.19. The summed E-state index contributed by atoms with van der Waals surface area (Å²) in [6, 6.07) is 60.6. The molecule has 0 saturated heterocycles. The van der Waals surface area contributed by atoms with Crippen LogP contribution in [0.3, 0.4) is 0 Å². The topological polar surface area (TPSA) is 0 Å². The van der Waals surface area contributed by atoms with Crippen LogP contribution in [0.1, 0.15) is 161 Å². The molecule has 6 rings (SSSR count). The van der Waals surface area contributed by atoms with Gasteiger partial charge in [-0.3, -0.25) is 0 Å². The van der Waals surface area contributed by atoms with Gasteiger partial charge in [-0.1, -0.05) is 263 Å². The number of hydrogen-bond acceptors (Lipinski definition) is 0. The lowest BCUT2D eigenvalue weighted by Crippen LogP contribution is -2.35. The smallest absolute Gasteiger partial charge is 0.0654 e. The average molecular weight is 856 g/mol. The Bertz CT molecular complexity index is 2050. The van der Waals surface area contributed by atoms with Crippen LogP contribution in [0.15, 0.2) is 158 Å². The molecular formula is C62H80P+. The molecule has 0 saturated carbocycles. The fourth-order valence-electron chi connectivity index (χ4n) is 10.1. The zero-order valence-electron chi connectivity index (χ0n) is 39.4. The maximum absolute atomic E-state index is 2.76. The Hall–Kier alpha value is -4.25. The Labute approximate surface area is 385 Å². The molecule has 0 unspecified atom stereocenters. The summed E-state index contributed by atoms with van der Waals surface area (Å²) in [5.41, 5.74) is 9.72. The van der Waals surface area contributed by atoms with E-state index in [1.54, 1.807) is 5.30 Å². The summed E-state index contributed by atoms with van der Waals surface area (Å²) in [6.45, 7) is 4.63. The number of unbranched alkanes of at least 4 members (excludes halogenated alkanes) is 20. The van der Waals surface area contributed by atoms with Gasteiger partial charge in [-0.15, -0.1) is 0 Å². The van der Waals surface area contributed by atoms with Crippen molar-refractivity contribution < 1.29 is 0 Å². The van der Waals surface area contributed by atoms with Crippen LogP contribution in [0.2, 0.25) is 0 Å². The van der Waals surface area contributed by atoms with Crippen molar-refractivity contribution in [3.8, 4) is 33.4 Å². The summed E-state index contributed by atoms with van der Waals surface area (Å²) in [6.07, 6.45) is 32.1. The number of rotatable bonds is 30. The van der Waals surface area contributed by atoms with Crippen LogP contribution < -0.4 is 15.9 Å². The second-order valence-electron chi connectivity index (χ2n) is 18.3. The van der Waals surface area contributed by atoms with Crippen molar-refractivity contribution in [2.75, 3.05) is 6.16 Å². The van der Waals surface area contributed by atoms with E-state index < -0.39 is 7.26 Å². The SMILES string of the molecule is CCCCCCCCCCCCCC[P+](c1ccccc1)(c1ccccc1)c1cc(CCCCCCCCCCCC)c(-c2ccccc2)c(-c2ccccc2)c1-c1ccccc1. The van der Waals surface area contributed by atoms with Crippen molar-refractivity contribution in [2.24, 2.45) is 0 Å². The Balaban J connectivity index is 1.45. The fraction of sp³-hybridized carbons (Fsp3) is 0.419. The molecule has 0 bridgehead atoms. The van der Waals surface area contributed by atoms with Gasteiger partial charge in [-0.05, 0) is 83.8 Å². The van der Waals surface area contributed by atoms with E-state index in [9.17, 15) is 0 Å². The van der Waals surface area contributed by atoms with Gasteiger partial charge < -0.3 is 0 Å². The molecule has 6 aromatic carbocycles. The zero-order valence-corrected chi connectivity index (χ0v) is 40.3. The third kappa shape index (κ3) is 14.1. The molecule has 63 heavy (non-hydrogen) atoms. The fourth-order valence-corrected chi connectivity index (χ4v) is 14.8. The van der Waals surface area contributed by atoms with Gasteiger partial charge in [-0.25, -0.2) is 0 Å². The molecule has 0 aliphatic carbocycles. The molecule has 0 amide bonds. The van der Waals surface area contributed by atoms with Crippen molar-refractivity contribution in [1.82, 2.24) is 0 Å². The summed E-state index contributed by atoms with van der Waals surface area (Å²) in [4.78, 5) is 0. The summed E-state index contributed by atoms with van der Waals surface area (Å²) < 4.78 is 0. The minimum absolute atomic E-state index is 1.09. The number of benzene rings is 6. The van der Waals surface area contributed by atoms with Crippen molar-refractivity contribution >= 4 is 23.2 Å².